The van der Waals surface area contributed by atoms with Gasteiger partial charge in [-0.15, -0.1) is 0 Å². The Bertz CT molecular complexity index is 244. The molecule has 2 rings (SSSR count). The van der Waals surface area contributed by atoms with Gasteiger partial charge in [0.1, 0.15) is 0 Å². The topological polar surface area (TPSA) is 0 Å². The normalized spacial score (nSPS) is 18.3. The summed E-state index contributed by atoms with van der Waals surface area (Å²) in [4.78, 5) is 0. The molecule has 0 aromatic heterocycles. The third-order valence-electron chi connectivity index (χ3n) is 1.86. The molecule has 0 heterocycles. The minimum atomic E-state index is -0.526. The molecule has 0 atom stereocenters. The van der Waals surface area contributed by atoms with Crippen LogP contribution in [-0.2, 0) is 0 Å². The Kier molecular flexibility index (Phi) is 4.77. The van der Waals surface area contributed by atoms with Crippen LogP contribution in [0.3, 0.4) is 0 Å². The molecule has 0 aliphatic heterocycles. The quantitative estimate of drug-likeness (QED) is 0.661. The Morgan fingerprint density at radius 1 is 0.917 bits per heavy atom. The van der Waals surface area contributed by atoms with Gasteiger partial charge in [0.05, 0.1) is 0 Å². The van der Waals surface area contributed by atoms with Crippen LogP contribution in [0.1, 0.15) is 12.8 Å². The summed E-state index contributed by atoms with van der Waals surface area (Å²) in [5, 5.41) is 0. The molecule has 0 nitrogen and oxygen atoms in total. The van der Waals surface area contributed by atoms with Crippen LogP contribution in [0.4, 0.5) is 0 Å². The third kappa shape index (κ3) is 2.82. The van der Waals surface area contributed by atoms with Crippen LogP contribution in [0.25, 0.3) is 0 Å². The zero-order valence-corrected chi connectivity index (χ0v) is 10.7. The van der Waals surface area contributed by atoms with Gasteiger partial charge in [0, 0.05) is 0 Å². The fourth-order valence-electron chi connectivity index (χ4n) is 1.29. The molecule has 2 aliphatic carbocycles. The van der Waals surface area contributed by atoms with Crippen molar-refractivity contribution in [3.63, 3.8) is 0 Å². The van der Waals surface area contributed by atoms with E-state index >= 15 is 0 Å². The predicted octanol–water partition coefficient (Wildman–Crippen LogP) is -0.237. The van der Waals surface area contributed by atoms with E-state index in [0.29, 0.717) is 0 Å². The minimum Gasteiger partial charge on any atom is -1.00 e. The van der Waals surface area contributed by atoms with Crippen LogP contribution >= 0.6 is 0 Å². The number of rotatable bonds is 2. The first-order valence-electron chi connectivity index (χ1n) is 3.93. The van der Waals surface area contributed by atoms with Gasteiger partial charge in [-0.3, -0.25) is 0 Å². The second kappa shape index (κ2) is 5.36. The molecule has 61 valence electrons. The van der Waals surface area contributed by atoms with Crippen LogP contribution in [0.2, 0.25) is 0 Å². The van der Waals surface area contributed by atoms with Crippen molar-refractivity contribution < 1.29 is 49.1 Å². The number of hydrogen-bond acceptors (Lipinski definition) is 0. The Balaban J connectivity index is 0.000000720. The van der Waals surface area contributed by atoms with E-state index in [-0.39, 0.29) is 12.4 Å². The summed E-state index contributed by atoms with van der Waals surface area (Å²) in [6.45, 7) is 0. The second-order valence-corrected chi connectivity index (χ2v) is 7.70. The first kappa shape index (κ1) is 10.7. The number of allylic oxidation sites excluding steroid dienone is 8. The van der Waals surface area contributed by atoms with E-state index in [1.54, 1.807) is 2.45 Å². The van der Waals surface area contributed by atoms with Gasteiger partial charge in [-0.1, -0.05) is 0 Å². The zero-order valence-electron chi connectivity index (χ0n) is 6.76. The molecule has 0 unspecified atom stereocenters. The van der Waals surface area contributed by atoms with Gasteiger partial charge in [-0.2, -0.15) is 0 Å². The summed E-state index contributed by atoms with van der Waals surface area (Å²) in [7, 11) is 0. The molecule has 0 saturated heterocycles. The Morgan fingerprint density at radius 3 is 1.75 bits per heavy atom. The van der Waals surface area contributed by atoms with Crippen molar-refractivity contribution in [1.82, 2.24) is 0 Å². The molecule has 2 aliphatic rings. The molecule has 0 amide bonds. The maximum absolute atomic E-state index is 2.32. The standard InChI is InChI=1S/2C5H5.ClH.Nd/c2*1-2-4-5-3-1;;/h2*1-3H,4H2;1H;/q;;;+1/p-1. The molecule has 0 aromatic carbocycles. The molecule has 12 heavy (non-hydrogen) atoms. The zero-order chi connectivity index (χ0) is 7.52. The Hall–Kier alpha value is 0.601. The Morgan fingerprint density at radius 2 is 1.42 bits per heavy atom. The van der Waals surface area contributed by atoms with E-state index in [1.807, 2.05) is 0 Å². The molecule has 0 spiro atoms. The molecular formula is C10H10ClNd. The molecule has 0 bridgehead atoms. The van der Waals surface area contributed by atoms with Gasteiger partial charge >= 0.3 is 88.5 Å². The average molecular weight is 310 g/mol. The van der Waals surface area contributed by atoms with Crippen LogP contribution in [-0.4, -0.2) is 0 Å². The predicted molar refractivity (Wildman–Crippen MR) is 43.7 cm³/mol. The van der Waals surface area contributed by atoms with Crippen molar-refractivity contribution in [2.75, 3.05) is 0 Å². The first-order valence-corrected chi connectivity index (χ1v) is 7.14. The molecule has 2 heteroatoms. The first-order chi connectivity index (χ1) is 5.45. The van der Waals surface area contributed by atoms with E-state index in [2.05, 4.69) is 36.5 Å². The van der Waals surface area contributed by atoms with Crippen LogP contribution in [0.15, 0.2) is 38.9 Å². The van der Waals surface area contributed by atoms with Crippen molar-refractivity contribution in [2.45, 2.75) is 12.8 Å². The van der Waals surface area contributed by atoms with Crippen molar-refractivity contribution in [2.24, 2.45) is 0 Å². The molecular weight excluding hydrogens is 300 g/mol. The van der Waals surface area contributed by atoms with E-state index in [4.69, 9.17) is 0 Å². The van der Waals surface area contributed by atoms with Crippen LogP contribution in [0.5, 0.6) is 0 Å². The summed E-state index contributed by atoms with van der Waals surface area (Å²) < 4.78 is 3.50. The summed E-state index contributed by atoms with van der Waals surface area (Å²) in [5.41, 5.74) is 0. The molecule has 0 radical (unpaired) electrons. The van der Waals surface area contributed by atoms with Gasteiger partial charge in [0.25, 0.3) is 0 Å². The van der Waals surface area contributed by atoms with Crippen molar-refractivity contribution in [3.05, 3.63) is 38.9 Å². The van der Waals surface area contributed by atoms with Gasteiger partial charge in [0.15, 0.2) is 0 Å². The molecule has 0 fully saturated rings. The average Bonchev–Trinajstić information content (AvgIpc) is 2.60. The summed E-state index contributed by atoms with van der Waals surface area (Å²) in [6, 6.07) is 0. The van der Waals surface area contributed by atoms with Crippen molar-refractivity contribution in [1.29, 1.82) is 0 Å². The smallest absolute Gasteiger partial charge is 1.00 e. The molecule has 0 saturated carbocycles. The van der Waals surface area contributed by atoms with E-state index in [0.717, 1.165) is 0 Å². The van der Waals surface area contributed by atoms with E-state index < -0.39 is 36.7 Å². The van der Waals surface area contributed by atoms with Gasteiger partial charge in [0.2, 0.25) is 0 Å². The van der Waals surface area contributed by atoms with Crippen LogP contribution < -0.4 is 12.4 Å². The summed E-state index contributed by atoms with van der Waals surface area (Å²) >= 11 is -0.526. The summed E-state index contributed by atoms with van der Waals surface area (Å²) in [6.07, 6.45) is 16.1. The molecule has 0 aromatic rings. The molecule has 0 N–H and O–H groups in total. The Labute approximate surface area is 99.6 Å². The van der Waals surface area contributed by atoms with Crippen LogP contribution in [0, 0.1) is 36.7 Å². The summed E-state index contributed by atoms with van der Waals surface area (Å²) in [5.74, 6) is 0. The fraction of sp³-hybridized carbons (Fsp3) is 0.200. The monoisotopic (exact) mass is 307 g/mol. The van der Waals surface area contributed by atoms with Gasteiger partial charge in [-0.25, -0.2) is 0 Å². The van der Waals surface area contributed by atoms with Crippen molar-refractivity contribution in [3.8, 4) is 0 Å². The largest absolute Gasteiger partial charge is 1.00 e. The second-order valence-electron chi connectivity index (χ2n) is 2.77. The number of hydrogen-bond donors (Lipinski definition) is 0. The van der Waals surface area contributed by atoms with E-state index in [9.17, 15) is 0 Å². The maximum Gasteiger partial charge on any atom is -1.00 e. The fourth-order valence-corrected chi connectivity index (χ4v) is 5.17. The van der Waals surface area contributed by atoms with Crippen molar-refractivity contribution >= 4 is 0 Å². The van der Waals surface area contributed by atoms with Gasteiger partial charge < -0.3 is 12.4 Å². The number of halogens is 1. The van der Waals surface area contributed by atoms with E-state index in [1.165, 1.54) is 12.8 Å². The minimum absolute atomic E-state index is 0. The third-order valence-corrected chi connectivity index (χ3v) is 6.30. The maximum atomic E-state index is 2.32. The van der Waals surface area contributed by atoms with Gasteiger partial charge in [-0.05, 0) is 0 Å². The SMILES string of the molecule is C1=CC[C]([Nd+][C]2=CC=CC2)=C1.[Cl-].